The molecule has 0 amide bonds. The number of alkyl halides is 2. The molecule has 18 heavy (non-hydrogen) atoms. The van der Waals surface area contributed by atoms with Gasteiger partial charge in [0.1, 0.15) is 0 Å². The van der Waals surface area contributed by atoms with E-state index in [-0.39, 0.29) is 0 Å². The van der Waals surface area contributed by atoms with Gasteiger partial charge in [0.25, 0.3) is 0 Å². The van der Waals surface area contributed by atoms with E-state index in [2.05, 4.69) is 11.7 Å². The summed E-state index contributed by atoms with van der Waals surface area (Å²) in [4.78, 5) is 10.8. The van der Waals surface area contributed by atoms with E-state index in [1.54, 1.807) is 6.08 Å². The first-order valence-electron chi connectivity index (χ1n) is 6.25. The van der Waals surface area contributed by atoms with Crippen LogP contribution in [0.4, 0.5) is 8.78 Å². The summed E-state index contributed by atoms with van der Waals surface area (Å²) < 4.78 is 30.1. The average Bonchev–Trinajstić information content (AvgIpc) is 2.31. The Labute approximate surface area is 107 Å². The summed E-state index contributed by atoms with van der Waals surface area (Å²) in [7, 11) is 1.13. The summed E-state index contributed by atoms with van der Waals surface area (Å²) in [5.41, 5.74) is 0. The molecular formula is C13H22F2O3. The van der Waals surface area contributed by atoms with Crippen LogP contribution < -0.4 is 0 Å². The summed E-state index contributed by atoms with van der Waals surface area (Å²) in [6.45, 7) is 2.10. The molecule has 0 aliphatic rings. The largest absolute Gasteiger partial charge is 0.479 e. The fraction of sp³-hybridized carbons (Fsp3) is 0.769. The number of ether oxygens (including phenoxy) is 1. The second-order valence-corrected chi connectivity index (χ2v) is 4.18. The summed E-state index contributed by atoms with van der Waals surface area (Å²) in [5.74, 6) is -2.75. The first-order valence-corrected chi connectivity index (χ1v) is 6.25. The van der Waals surface area contributed by atoms with Crippen molar-refractivity contribution in [3.8, 4) is 0 Å². The SMILES string of the molecule is CCCCCC/C=C/[C@@H](C(F)F)[C@H](OC)C(=O)O. The van der Waals surface area contributed by atoms with E-state index in [4.69, 9.17) is 5.11 Å². The molecule has 106 valence electrons. The van der Waals surface area contributed by atoms with Gasteiger partial charge in [-0.1, -0.05) is 38.3 Å². The lowest BCUT2D eigenvalue weighted by Gasteiger charge is -2.18. The zero-order chi connectivity index (χ0) is 14.0. The highest BCUT2D eigenvalue weighted by atomic mass is 19.3. The highest BCUT2D eigenvalue weighted by molar-refractivity contribution is 5.73. The Bertz CT molecular complexity index is 255. The maximum atomic E-state index is 12.7. The smallest absolute Gasteiger partial charge is 0.333 e. The van der Waals surface area contributed by atoms with Crippen LogP contribution in [0.3, 0.4) is 0 Å². The van der Waals surface area contributed by atoms with E-state index in [1.807, 2.05) is 0 Å². The zero-order valence-electron chi connectivity index (χ0n) is 10.9. The molecule has 3 nitrogen and oxygen atoms in total. The molecule has 0 saturated carbocycles. The highest BCUT2D eigenvalue weighted by Crippen LogP contribution is 2.19. The van der Waals surface area contributed by atoms with Crippen molar-refractivity contribution in [2.75, 3.05) is 7.11 Å². The molecule has 0 aromatic carbocycles. The maximum absolute atomic E-state index is 12.7. The van der Waals surface area contributed by atoms with Crippen molar-refractivity contribution in [2.24, 2.45) is 5.92 Å². The van der Waals surface area contributed by atoms with Crippen molar-refractivity contribution in [3.05, 3.63) is 12.2 Å². The first-order chi connectivity index (χ1) is 8.54. The number of carboxylic acid groups (broad SMARTS) is 1. The Morgan fingerprint density at radius 3 is 2.44 bits per heavy atom. The summed E-state index contributed by atoms with van der Waals surface area (Å²) in [5, 5.41) is 8.77. The number of unbranched alkanes of at least 4 members (excludes halogenated alkanes) is 4. The van der Waals surface area contributed by atoms with Gasteiger partial charge >= 0.3 is 5.97 Å². The van der Waals surface area contributed by atoms with Crippen LogP contribution in [-0.4, -0.2) is 30.7 Å². The van der Waals surface area contributed by atoms with Gasteiger partial charge in [-0.15, -0.1) is 0 Å². The molecule has 0 fully saturated rings. The van der Waals surface area contributed by atoms with Gasteiger partial charge in [-0.2, -0.15) is 0 Å². The van der Waals surface area contributed by atoms with Gasteiger partial charge in [0.15, 0.2) is 6.10 Å². The molecule has 0 rings (SSSR count). The van der Waals surface area contributed by atoms with Crippen LogP contribution in [0.5, 0.6) is 0 Å². The minimum atomic E-state index is -2.74. The second-order valence-electron chi connectivity index (χ2n) is 4.18. The topological polar surface area (TPSA) is 46.5 Å². The molecule has 0 aliphatic heterocycles. The highest BCUT2D eigenvalue weighted by Gasteiger charge is 2.32. The van der Waals surface area contributed by atoms with Crippen LogP contribution in [0.1, 0.15) is 39.0 Å². The molecule has 0 spiro atoms. The molecule has 0 aliphatic carbocycles. The first kappa shape index (κ1) is 17.0. The number of halogens is 2. The lowest BCUT2D eigenvalue weighted by Crippen LogP contribution is -2.34. The van der Waals surface area contributed by atoms with Gasteiger partial charge in [-0.25, -0.2) is 13.6 Å². The predicted octanol–water partition coefficient (Wildman–Crippen LogP) is 3.49. The van der Waals surface area contributed by atoms with Gasteiger partial charge in [0.05, 0.1) is 5.92 Å². The Morgan fingerprint density at radius 1 is 1.33 bits per heavy atom. The molecular weight excluding hydrogens is 242 g/mol. The predicted molar refractivity (Wildman–Crippen MR) is 65.8 cm³/mol. The van der Waals surface area contributed by atoms with Gasteiger partial charge in [0.2, 0.25) is 6.43 Å². The van der Waals surface area contributed by atoms with Crippen LogP contribution in [0.2, 0.25) is 0 Å². The third kappa shape index (κ3) is 6.69. The summed E-state index contributed by atoms with van der Waals surface area (Å²) in [6, 6.07) is 0. The molecule has 0 aromatic rings. The normalized spacial score (nSPS) is 15.2. The Hall–Kier alpha value is -0.970. The summed E-state index contributed by atoms with van der Waals surface area (Å²) >= 11 is 0. The number of methoxy groups -OCH3 is 1. The molecule has 0 unspecified atom stereocenters. The summed E-state index contributed by atoms with van der Waals surface area (Å²) in [6.07, 6.45) is 3.60. The molecule has 0 aromatic heterocycles. The van der Waals surface area contributed by atoms with Crippen LogP contribution in [0.15, 0.2) is 12.2 Å². The Balaban J connectivity index is 4.26. The van der Waals surface area contributed by atoms with E-state index in [0.29, 0.717) is 6.42 Å². The third-order valence-corrected chi connectivity index (χ3v) is 2.72. The van der Waals surface area contributed by atoms with E-state index >= 15 is 0 Å². The third-order valence-electron chi connectivity index (χ3n) is 2.72. The van der Waals surface area contributed by atoms with Gasteiger partial charge in [-0.3, -0.25) is 0 Å². The van der Waals surface area contributed by atoms with Crippen LogP contribution in [-0.2, 0) is 9.53 Å². The van der Waals surface area contributed by atoms with Gasteiger partial charge in [-0.05, 0) is 12.8 Å². The van der Waals surface area contributed by atoms with Crippen LogP contribution >= 0.6 is 0 Å². The van der Waals surface area contributed by atoms with Gasteiger partial charge in [0, 0.05) is 7.11 Å². The van der Waals surface area contributed by atoms with Crippen LogP contribution in [0.25, 0.3) is 0 Å². The lowest BCUT2D eigenvalue weighted by molar-refractivity contribution is -0.154. The van der Waals surface area contributed by atoms with E-state index < -0.39 is 24.4 Å². The molecule has 0 radical (unpaired) electrons. The van der Waals surface area contributed by atoms with Gasteiger partial charge < -0.3 is 9.84 Å². The van der Waals surface area contributed by atoms with Crippen molar-refractivity contribution in [3.63, 3.8) is 0 Å². The second kappa shape index (κ2) is 10.00. The molecule has 2 atom stereocenters. The average molecular weight is 264 g/mol. The van der Waals surface area contributed by atoms with Crippen molar-refractivity contribution < 1.29 is 23.4 Å². The molecule has 0 bridgehead atoms. The minimum absolute atomic E-state index is 0.694. The number of hydrogen-bond donors (Lipinski definition) is 1. The Morgan fingerprint density at radius 2 is 2.00 bits per heavy atom. The van der Waals surface area contributed by atoms with E-state index in [9.17, 15) is 13.6 Å². The van der Waals surface area contributed by atoms with Crippen molar-refractivity contribution in [2.45, 2.75) is 51.6 Å². The number of allylic oxidation sites excluding steroid dienone is 1. The molecule has 0 heterocycles. The van der Waals surface area contributed by atoms with E-state index in [0.717, 1.165) is 32.8 Å². The fourth-order valence-corrected chi connectivity index (χ4v) is 1.68. The number of carboxylic acids is 1. The lowest BCUT2D eigenvalue weighted by atomic mass is 10.0. The standard InChI is InChI=1S/C13H22F2O3/c1-3-4-5-6-7-8-9-10(12(14)15)11(18-2)13(16)17/h8-12H,3-7H2,1-2H3,(H,16,17)/b9-8+/t10-,11+/m1/s1. The maximum Gasteiger partial charge on any atom is 0.333 e. The molecule has 1 N–H and O–H groups in total. The molecule has 5 heteroatoms. The molecule has 0 saturated heterocycles. The quantitative estimate of drug-likeness (QED) is 0.485. The van der Waals surface area contributed by atoms with Crippen LogP contribution in [0, 0.1) is 5.92 Å². The van der Waals surface area contributed by atoms with Crippen molar-refractivity contribution in [1.82, 2.24) is 0 Å². The minimum Gasteiger partial charge on any atom is -0.479 e. The van der Waals surface area contributed by atoms with Crippen molar-refractivity contribution in [1.29, 1.82) is 0 Å². The number of carbonyl (C=O) groups is 1. The van der Waals surface area contributed by atoms with Crippen molar-refractivity contribution >= 4 is 5.97 Å². The van der Waals surface area contributed by atoms with E-state index in [1.165, 1.54) is 6.08 Å². The fourth-order valence-electron chi connectivity index (χ4n) is 1.68. The monoisotopic (exact) mass is 264 g/mol. The number of aliphatic carboxylic acids is 1. The zero-order valence-corrected chi connectivity index (χ0v) is 10.9. The number of hydrogen-bond acceptors (Lipinski definition) is 2. The number of rotatable bonds is 10. The Kier molecular flexibility index (Phi) is 9.46.